The van der Waals surface area contributed by atoms with E-state index >= 15 is 0 Å². The van der Waals surface area contributed by atoms with E-state index < -0.39 is 0 Å². The number of alkyl halides is 1. The highest BCUT2D eigenvalue weighted by molar-refractivity contribution is 5.59. The summed E-state index contributed by atoms with van der Waals surface area (Å²) >= 11 is 0. The van der Waals surface area contributed by atoms with E-state index in [9.17, 15) is 9.18 Å². The highest BCUT2D eigenvalue weighted by atomic mass is 19.1. The van der Waals surface area contributed by atoms with Gasteiger partial charge in [0.2, 0.25) is 0 Å². The van der Waals surface area contributed by atoms with Crippen molar-refractivity contribution in [3.63, 3.8) is 0 Å². The second-order valence-electron chi connectivity index (χ2n) is 4.19. The molecular formula is C11H19FO. The van der Waals surface area contributed by atoms with Crippen molar-refractivity contribution in [1.82, 2.24) is 0 Å². The van der Waals surface area contributed by atoms with Crippen LogP contribution in [0.3, 0.4) is 0 Å². The number of rotatable bonds is 3. The van der Waals surface area contributed by atoms with Crippen molar-refractivity contribution in [2.45, 2.75) is 51.4 Å². The number of carbonyl (C=O) groups excluding carboxylic acids is 1. The SMILES string of the molecule is O=CC1(CCF)CCCCCCC1. The van der Waals surface area contributed by atoms with Crippen molar-refractivity contribution < 1.29 is 9.18 Å². The van der Waals surface area contributed by atoms with Crippen LogP contribution in [-0.4, -0.2) is 13.0 Å². The molecule has 0 N–H and O–H groups in total. The first-order chi connectivity index (χ1) is 6.33. The number of hydrogen-bond acceptors (Lipinski definition) is 1. The maximum absolute atomic E-state index is 12.3. The summed E-state index contributed by atoms with van der Waals surface area (Å²) in [6.45, 7) is -0.348. The van der Waals surface area contributed by atoms with Gasteiger partial charge in [-0.3, -0.25) is 4.39 Å². The summed E-state index contributed by atoms with van der Waals surface area (Å²) < 4.78 is 12.3. The monoisotopic (exact) mass is 186 g/mol. The van der Waals surface area contributed by atoms with E-state index in [4.69, 9.17) is 0 Å². The molecular weight excluding hydrogens is 167 g/mol. The van der Waals surface area contributed by atoms with Gasteiger partial charge < -0.3 is 4.79 Å². The summed E-state index contributed by atoms with van der Waals surface area (Å²) in [5, 5.41) is 0. The number of hydrogen-bond donors (Lipinski definition) is 0. The van der Waals surface area contributed by atoms with Crippen molar-refractivity contribution in [3.8, 4) is 0 Å². The minimum atomic E-state index is -0.348. The third kappa shape index (κ3) is 3.09. The average molecular weight is 186 g/mol. The van der Waals surface area contributed by atoms with Crippen LogP contribution in [0.1, 0.15) is 51.4 Å². The lowest BCUT2D eigenvalue weighted by molar-refractivity contribution is -0.117. The predicted octanol–water partition coefficient (Wildman–Crippen LogP) is 3.28. The molecule has 0 radical (unpaired) electrons. The lowest BCUT2D eigenvalue weighted by Gasteiger charge is -2.28. The minimum Gasteiger partial charge on any atom is -0.303 e. The van der Waals surface area contributed by atoms with E-state index in [1.807, 2.05) is 0 Å². The van der Waals surface area contributed by atoms with Gasteiger partial charge in [0.1, 0.15) is 6.29 Å². The quantitative estimate of drug-likeness (QED) is 0.618. The molecule has 1 rings (SSSR count). The molecule has 0 aromatic carbocycles. The van der Waals surface area contributed by atoms with E-state index in [-0.39, 0.29) is 12.1 Å². The topological polar surface area (TPSA) is 17.1 Å². The lowest BCUT2D eigenvalue weighted by Crippen LogP contribution is -2.24. The van der Waals surface area contributed by atoms with Crippen LogP contribution in [0.2, 0.25) is 0 Å². The standard InChI is InChI=1S/C11H19FO/c12-9-8-11(10-13)6-4-2-1-3-5-7-11/h10H,1-9H2. The summed E-state index contributed by atoms with van der Waals surface area (Å²) in [5.74, 6) is 0. The lowest BCUT2D eigenvalue weighted by atomic mass is 9.75. The van der Waals surface area contributed by atoms with E-state index in [0.717, 1.165) is 32.0 Å². The third-order valence-electron chi connectivity index (χ3n) is 3.19. The van der Waals surface area contributed by atoms with Crippen LogP contribution in [0.4, 0.5) is 4.39 Å². The third-order valence-corrected chi connectivity index (χ3v) is 3.19. The summed E-state index contributed by atoms with van der Waals surface area (Å²) in [6.07, 6.45) is 9.15. The molecule has 0 aromatic heterocycles. The van der Waals surface area contributed by atoms with Gasteiger partial charge in [0.15, 0.2) is 0 Å². The van der Waals surface area contributed by atoms with Gasteiger partial charge in [0.05, 0.1) is 6.67 Å². The minimum absolute atomic E-state index is 0.310. The Morgan fingerprint density at radius 3 is 2.08 bits per heavy atom. The van der Waals surface area contributed by atoms with Crippen LogP contribution < -0.4 is 0 Å². The van der Waals surface area contributed by atoms with Crippen LogP contribution in [0, 0.1) is 5.41 Å². The Kier molecular flexibility index (Phi) is 4.40. The van der Waals surface area contributed by atoms with Crippen molar-refractivity contribution in [2.24, 2.45) is 5.41 Å². The molecule has 13 heavy (non-hydrogen) atoms. The molecule has 0 aliphatic heterocycles. The van der Waals surface area contributed by atoms with E-state index in [2.05, 4.69) is 0 Å². The van der Waals surface area contributed by atoms with Gasteiger partial charge in [-0.1, -0.05) is 32.1 Å². The molecule has 0 heterocycles. The molecule has 1 aliphatic rings. The van der Waals surface area contributed by atoms with Gasteiger partial charge in [0, 0.05) is 5.41 Å². The number of halogens is 1. The molecule has 76 valence electrons. The van der Waals surface area contributed by atoms with Gasteiger partial charge in [-0.25, -0.2) is 0 Å². The Morgan fingerprint density at radius 1 is 1.08 bits per heavy atom. The van der Waals surface area contributed by atoms with Gasteiger partial charge in [0.25, 0.3) is 0 Å². The van der Waals surface area contributed by atoms with Gasteiger partial charge in [-0.05, 0) is 19.3 Å². The first kappa shape index (κ1) is 10.7. The van der Waals surface area contributed by atoms with Crippen molar-refractivity contribution in [2.75, 3.05) is 6.67 Å². The predicted molar refractivity (Wildman–Crippen MR) is 51.4 cm³/mol. The Labute approximate surface area is 79.7 Å². The van der Waals surface area contributed by atoms with Gasteiger partial charge in [-0.15, -0.1) is 0 Å². The molecule has 0 saturated heterocycles. The maximum atomic E-state index is 12.3. The molecule has 0 spiro atoms. The van der Waals surface area contributed by atoms with Gasteiger partial charge >= 0.3 is 0 Å². The second-order valence-corrected chi connectivity index (χ2v) is 4.19. The second kappa shape index (κ2) is 5.36. The fourth-order valence-electron chi connectivity index (χ4n) is 2.22. The van der Waals surface area contributed by atoms with Crippen molar-refractivity contribution in [3.05, 3.63) is 0 Å². The molecule has 1 aliphatic carbocycles. The zero-order chi connectivity index (χ0) is 9.57. The Bertz CT molecular complexity index is 148. The Morgan fingerprint density at radius 2 is 1.62 bits per heavy atom. The van der Waals surface area contributed by atoms with Crippen LogP contribution in [0.15, 0.2) is 0 Å². The van der Waals surface area contributed by atoms with Gasteiger partial charge in [-0.2, -0.15) is 0 Å². The summed E-state index contributed by atoms with van der Waals surface area (Å²) in [5.41, 5.74) is -0.310. The first-order valence-corrected chi connectivity index (χ1v) is 5.35. The fourth-order valence-corrected chi connectivity index (χ4v) is 2.22. The van der Waals surface area contributed by atoms with Crippen LogP contribution in [-0.2, 0) is 4.79 Å². The Hall–Kier alpha value is -0.400. The fraction of sp³-hybridized carbons (Fsp3) is 0.909. The largest absolute Gasteiger partial charge is 0.303 e. The number of aldehydes is 1. The summed E-state index contributed by atoms with van der Waals surface area (Å²) in [7, 11) is 0. The van der Waals surface area contributed by atoms with Crippen LogP contribution in [0.5, 0.6) is 0 Å². The zero-order valence-corrected chi connectivity index (χ0v) is 8.23. The first-order valence-electron chi connectivity index (χ1n) is 5.35. The molecule has 1 fully saturated rings. The molecule has 0 amide bonds. The smallest absolute Gasteiger partial charge is 0.126 e. The van der Waals surface area contributed by atoms with E-state index in [1.54, 1.807) is 0 Å². The molecule has 2 heteroatoms. The summed E-state index contributed by atoms with van der Waals surface area (Å²) in [4.78, 5) is 11.0. The summed E-state index contributed by atoms with van der Waals surface area (Å²) in [6, 6.07) is 0. The molecule has 0 aromatic rings. The van der Waals surface area contributed by atoms with E-state index in [0.29, 0.717) is 6.42 Å². The van der Waals surface area contributed by atoms with Crippen LogP contribution >= 0.6 is 0 Å². The highest BCUT2D eigenvalue weighted by Crippen LogP contribution is 2.35. The molecule has 0 atom stereocenters. The van der Waals surface area contributed by atoms with Crippen LogP contribution in [0.25, 0.3) is 0 Å². The average Bonchev–Trinajstić information content (AvgIpc) is 2.10. The molecule has 1 saturated carbocycles. The van der Waals surface area contributed by atoms with Crippen molar-refractivity contribution >= 4 is 6.29 Å². The normalized spacial score (nSPS) is 23.2. The highest BCUT2D eigenvalue weighted by Gasteiger charge is 2.29. The molecule has 0 unspecified atom stereocenters. The zero-order valence-electron chi connectivity index (χ0n) is 8.23. The van der Waals surface area contributed by atoms with E-state index in [1.165, 1.54) is 19.3 Å². The maximum Gasteiger partial charge on any atom is 0.126 e. The number of carbonyl (C=O) groups is 1. The molecule has 1 nitrogen and oxygen atoms in total. The Balaban J connectivity index is 2.52. The molecule has 0 bridgehead atoms. The van der Waals surface area contributed by atoms with Crippen molar-refractivity contribution in [1.29, 1.82) is 0 Å².